The van der Waals surface area contributed by atoms with Crippen molar-refractivity contribution in [3.63, 3.8) is 0 Å². The van der Waals surface area contributed by atoms with Gasteiger partial charge in [-0.2, -0.15) is 0 Å². The Morgan fingerprint density at radius 1 is 0.960 bits per heavy atom. The minimum atomic E-state index is -0.395. The summed E-state index contributed by atoms with van der Waals surface area (Å²) in [6.45, 7) is 4.66. The van der Waals surface area contributed by atoms with E-state index in [4.69, 9.17) is 9.47 Å². The first-order chi connectivity index (χ1) is 12.3. The van der Waals surface area contributed by atoms with Gasteiger partial charge in [-0.15, -0.1) is 0 Å². The van der Waals surface area contributed by atoms with Gasteiger partial charge in [0.05, 0.1) is 13.2 Å². The van der Waals surface area contributed by atoms with Gasteiger partial charge in [-0.25, -0.2) is 9.97 Å². The predicted octanol–water partition coefficient (Wildman–Crippen LogP) is 1.84. The second kappa shape index (κ2) is 7.25. The van der Waals surface area contributed by atoms with Crippen LogP contribution < -0.4 is 4.90 Å². The molecule has 0 aliphatic carbocycles. The van der Waals surface area contributed by atoms with Gasteiger partial charge in [0, 0.05) is 45.1 Å². The molecule has 0 N–H and O–H groups in total. The van der Waals surface area contributed by atoms with Crippen LogP contribution in [0.25, 0.3) is 0 Å². The molecule has 1 aromatic rings. The summed E-state index contributed by atoms with van der Waals surface area (Å²) in [7, 11) is 0. The van der Waals surface area contributed by atoms with Crippen molar-refractivity contribution >= 4 is 11.7 Å². The van der Waals surface area contributed by atoms with Gasteiger partial charge in [0.25, 0.3) is 5.91 Å². The predicted molar refractivity (Wildman–Crippen MR) is 92.5 cm³/mol. The summed E-state index contributed by atoms with van der Waals surface area (Å²) in [6, 6.07) is 1.83. The first kappa shape index (κ1) is 16.7. The minimum Gasteiger partial charge on any atom is -0.356 e. The highest BCUT2D eigenvalue weighted by molar-refractivity contribution is 5.93. The van der Waals surface area contributed by atoms with Crippen LogP contribution in [-0.4, -0.2) is 66.0 Å². The van der Waals surface area contributed by atoms with Crippen LogP contribution in [0.4, 0.5) is 5.82 Å². The van der Waals surface area contributed by atoms with Crippen molar-refractivity contribution in [1.29, 1.82) is 0 Å². The van der Waals surface area contributed by atoms with Crippen LogP contribution in [0.3, 0.4) is 0 Å². The summed E-state index contributed by atoms with van der Waals surface area (Å²) in [5.74, 6) is 0.455. The van der Waals surface area contributed by atoms with E-state index in [0.29, 0.717) is 18.9 Å². The first-order valence-electron chi connectivity index (χ1n) is 9.40. The van der Waals surface area contributed by atoms with Gasteiger partial charge in [0.1, 0.15) is 17.8 Å². The summed E-state index contributed by atoms with van der Waals surface area (Å²) < 4.78 is 11.6. The zero-order valence-electron chi connectivity index (χ0n) is 14.7. The molecule has 3 saturated heterocycles. The third-order valence-electron chi connectivity index (χ3n) is 5.43. The monoisotopic (exact) mass is 346 g/mol. The Labute approximate surface area is 148 Å². The van der Waals surface area contributed by atoms with Crippen molar-refractivity contribution in [1.82, 2.24) is 14.9 Å². The van der Waals surface area contributed by atoms with Gasteiger partial charge >= 0.3 is 0 Å². The van der Waals surface area contributed by atoms with E-state index in [-0.39, 0.29) is 5.91 Å². The fraction of sp³-hybridized carbons (Fsp3) is 0.722. The number of likely N-dealkylation sites (tertiary alicyclic amines) is 1. The van der Waals surface area contributed by atoms with Crippen molar-refractivity contribution < 1.29 is 14.3 Å². The molecule has 3 fully saturated rings. The summed E-state index contributed by atoms with van der Waals surface area (Å²) in [5.41, 5.74) is 0.501. The van der Waals surface area contributed by atoms with E-state index in [9.17, 15) is 4.79 Å². The highest BCUT2D eigenvalue weighted by Gasteiger charge is 2.40. The molecule has 0 unspecified atom stereocenters. The van der Waals surface area contributed by atoms with E-state index in [1.165, 1.54) is 19.2 Å². The fourth-order valence-electron chi connectivity index (χ4n) is 3.93. The molecule has 0 bridgehead atoms. The maximum atomic E-state index is 12.8. The Balaban J connectivity index is 1.43. The van der Waals surface area contributed by atoms with Crippen LogP contribution >= 0.6 is 0 Å². The molecule has 1 aromatic heterocycles. The van der Waals surface area contributed by atoms with E-state index in [1.807, 2.05) is 11.0 Å². The third-order valence-corrected chi connectivity index (χ3v) is 5.43. The number of carbonyl (C=O) groups is 1. The first-order valence-corrected chi connectivity index (χ1v) is 9.40. The summed E-state index contributed by atoms with van der Waals surface area (Å²) in [6.07, 6.45) is 7.73. The molecule has 4 rings (SSSR count). The number of carbonyl (C=O) groups excluding carboxylic acids is 1. The molecule has 0 radical (unpaired) electrons. The van der Waals surface area contributed by atoms with Gasteiger partial charge in [0.2, 0.25) is 0 Å². The number of nitrogens with zero attached hydrogens (tertiary/aromatic N) is 4. The molecule has 1 amide bonds. The molecule has 25 heavy (non-hydrogen) atoms. The number of rotatable bonds is 2. The van der Waals surface area contributed by atoms with Gasteiger partial charge in [-0.05, 0) is 12.8 Å². The average molecular weight is 346 g/mol. The van der Waals surface area contributed by atoms with E-state index in [0.717, 1.165) is 57.7 Å². The van der Waals surface area contributed by atoms with Crippen LogP contribution in [0.1, 0.15) is 49.0 Å². The van der Waals surface area contributed by atoms with Gasteiger partial charge in [0.15, 0.2) is 5.79 Å². The number of hydrogen-bond donors (Lipinski definition) is 0. The summed E-state index contributed by atoms with van der Waals surface area (Å²) in [4.78, 5) is 25.5. The molecular weight excluding hydrogens is 320 g/mol. The minimum absolute atomic E-state index is 0.0292. The fourth-order valence-corrected chi connectivity index (χ4v) is 3.93. The molecule has 136 valence electrons. The van der Waals surface area contributed by atoms with Gasteiger partial charge in [-0.1, -0.05) is 12.8 Å². The molecule has 7 nitrogen and oxygen atoms in total. The van der Waals surface area contributed by atoms with Crippen molar-refractivity contribution in [3.05, 3.63) is 18.1 Å². The summed E-state index contributed by atoms with van der Waals surface area (Å²) in [5, 5.41) is 0. The Kier molecular flexibility index (Phi) is 4.85. The Hall–Kier alpha value is -1.73. The molecule has 0 atom stereocenters. The quantitative estimate of drug-likeness (QED) is 0.814. The van der Waals surface area contributed by atoms with E-state index in [1.54, 1.807) is 0 Å². The average Bonchev–Trinajstić information content (AvgIpc) is 2.94. The highest BCUT2D eigenvalue weighted by Crippen LogP contribution is 2.32. The Morgan fingerprint density at radius 2 is 1.64 bits per heavy atom. The van der Waals surface area contributed by atoms with Crippen LogP contribution in [0.5, 0.6) is 0 Å². The number of amides is 1. The number of ether oxygens (including phenoxy) is 2. The van der Waals surface area contributed by atoms with Crippen molar-refractivity contribution in [2.24, 2.45) is 0 Å². The second-order valence-corrected chi connectivity index (χ2v) is 7.06. The SMILES string of the molecule is O=C(c1cc(N2CCC3(CC2)OCCO3)ncn1)N1CCCCCC1. The molecule has 0 aromatic carbocycles. The zero-order valence-corrected chi connectivity index (χ0v) is 14.7. The Morgan fingerprint density at radius 3 is 2.32 bits per heavy atom. The van der Waals surface area contributed by atoms with Gasteiger partial charge < -0.3 is 19.3 Å². The lowest BCUT2D eigenvalue weighted by molar-refractivity contribution is -0.169. The van der Waals surface area contributed by atoms with Crippen molar-refractivity contribution in [3.8, 4) is 0 Å². The van der Waals surface area contributed by atoms with Crippen LogP contribution in [0.15, 0.2) is 12.4 Å². The van der Waals surface area contributed by atoms with E-state index < -0.39 is 5.79 Å². The van der Waals surface area contributed by atoms with E-state index in [2.05, 4.69) is 14.9 Å². The topological polar surface area (TPSA) is 67.8 Å². The van der Waals surface area contributed by atoms with E-state index >= 15 is 0 Å². The van der Waals surface area contributed by atoms with Crippen molar-refractivity contribution in [2.75, 3.05) is 44.3 Å². The molecule has 3 aliphatic rings. The molecular formula is C18H26N4O3. The maximum absolute atomic E-state index is 12.8. The molecule has 7 heteroatoms. The molecule has 3 aliphatic heterocycles. The van der Waals surface area contributed by atoms with Crippen LogP contribution in [0, 0.1) is 0 Å². The third kappa shape index (κ3) is 3.62. The number of hydrogen-bond acceptors (Lipinski definition) is 6. The normalized spacial score (nSPS) is 23.7. The lowest BCUT2D eigenvalue weighted by Crippen LogP contribution is -2.45. The van der Waals surface area contributed by atoms with Crippen LogP contribution in [0.2, 0.25) is 0 Å². The standard InChI is InChI=1S/C18H26N4O3/c23-17(22-7-3-1-2-4-8-22)15-13-16(20-14-19-15)21-9-5-18(6-10-21)24-11-12-25-18/h13-14H,1-12H2. The lowest BCUT2D eigenvalue weighted by Gasteiger charge is -2.38. The lowest BCUT2D eigenvalue weighted by atomic mass is 10.0. The second-order valence-electron chi connectivity index (χ2n) is 7.06. The number of aromatic nitrogens is 2. The van der Waals surface area contributed by atoms with Crippen LogP contribution in [-0.2, 0) is 9.47 Å². The largest absolute Gasteiger partial charge is 0.356 e. The van der Waals surface area contributed by atoms with Gasteiger partial charge in [-0.3, -0.25) is 4.79 Å². The Bertz CT molecular complexity index is 600. The smallest absolute Gasteiger partial charge is 0.272 e. The highest BCUT2D eigenvalue weighted by atomic mass is 16.7. The maximum Gasteiger partial charge on any atom is 0.272 e. The molecule has 4 heterocycles. The molecule has 0 saturated carbocycles. The molecule has 1 spiro atoms. The summed E-state index contributed by atoms with van der Waals surface area (Å²) >= 11 is 0. The number of piperidine rings is 1. The van der Waals surface area contributed by atoms with Crippen molar-refractivity contribution in [2.45, 2.75) is 44.3 Å². The number of anilines is 1. The zero-order chi connectivity index (χ0) is 17.1.